The average molecular weight is 355 g/mol. The van der Waals surface area contributed by atoms with E-state index in [1.54, 1.807) is 37.4 Å². The number of benzene rings is 2. The predicted molar refractivity (Wildman–Crippen MR) is 97.7 cm³/mol. The lowest BCUT2D eigenvalue weighted by atomic mass is 10.2. The Morgan fingerprint density at radius 1 is 1.08 bits per heavy atom. The van der Waals surface area contributed by atoms with Crippen molar-refractivity contribution >= 4 is 34.7 Å². The molecule has 0 fully saturated rings. The van der Waals surface area contributed by atoms with Crippen LogP contribution in [0, 0.1) is 0 Å². The van der Waals surface area contributed by atoms with Crippen molar-refractivity contribution in [3.05, 3.63) is 71.6 Å². The molecule has 25 heavy (non-hydrogen) atoms. The number of aromatic nitrogens is 2. The van der Waals surface area contributed by atoms with E-state index in [9.17, 15) is 4.79 Å². The molecule has 0 spiro atoms. The fourth-order valence-electron chi connectivity index (χ4n) is 2.16. The highest BCUT2D eigenvalue weighted by molar-refractivity contribution is 6.30. The van der Waals surface area contributed by atoms with Crippen LogP contribution in [0.25, 0.3) is 0 Å². The summed E-state index contributed by atoms with van der Waals surface area (Å²) in [5.41, 5.74) is 1.61. The second-order valence-electron chi connectivity index (χ2n) is 5.07. The molecule has 0 atom stereocenters. The first kappa shape index (κ1) is 16.7. The van der Waals surface area contributed by atoms with Gasteiger partial charge in [0.1, 0.15) is 23.6 Å². The monoisotopic (exact) mass is 354 g/mol. The van der Waals surface area contributed by atoms with E-state index in [0.717, 1.165) is 5.69 Å². The minimum atomic E-state index is -0.340. The zero-order chi connectivity index (χ0) is 17.6. The number of carbonyl (C=O) groups is 1. The first-order valence-corrected chi connectivity index (χ1v) is 7.82. The van der Waals surface area contributed by atoms with Crippen molar-refractivity contribution in [2.75, 3.05) is 17.7 Å². The first-order chi connectivity index (χ1) is 12.2. The maximum Gasteiger partial charge on any atom is 0.274 e. The molecule has 126 valence electrons. The van der Waals surface area contributed by atoms with E-state index < -0.39 is 0 Å². The normalized spacial score (nSPS) is 10.2. The van der Waals surface area contributed by atoms with Crippen LogP contribution in [0.15, 0.2) is 60.9 Å². The van der Waals surface area contributed by atoms with Gasteiger partial charge < -0.3 is 15.4 Å². The highest BCUT2D eigenvalue weighted by Gasteiger charge is 2.10. The van der Waals surface area contributed by atoms with Gasteiger partial charge in [0.25, 0.3) is 5.91 Å². The highest BCUT2D eigenvalue weighted by atomic mass is 35.5. The molecule has 7 heteroatoms. The Balaban J connectivity index is 1.76. The number of para-hydroxylation sites is 2. The number of rotatable bonds is 5. The molecule has 2 N–H and O–H groups in total. The van der Waals surface area contributed by atoms with Crippen molar-refractivity contribution in [2.24, 2.45) is 0 Å². The summed E-state index contributed by atoms with van der Waals surface area (Å²) >= 11 is 5.84. The van der Waals surface area contributed by atoms with Gasteiger partial charge in [-0.2, -0.15) is 0 Å². The number of anilines is 3. The van der Waals surface area contributed by atoms with Crippen molar-refractivity contribution in [3.63, 3.8) is 0 Å². The van der Waals surface area contributed by atoms with Gasteiger partial charge in [-0.15, -0.1) is 0 Å². The molecular formula is C18H15ClN4O2. The van der Waals surface area contributed by atoms with Crippen LogP contribution in [0.2, 0.25) is 5.02 Å². The van der Waals surface area contributed by atoms with Gasteiger partial charge in [0.05, 0.1) is 12.8 Å². The fourth-order valence-corrected chi connectivity index (χ4v) is 2.29. The molecule has 0 unspecified atom stereocenters. The van der Waals surface area contributed by atoms with Gasteiger partial charge in [0.15, 0.2) is 0 Å². The van der Waals surface area contributed by atoms with Crippen LogP contribution in [0.3, 0.4) is 0 Å². The average Bonchev–Trinajstić information content (AvgIpc) is 2.64. The van der Waals surface area contributed by atoms with Crippen LogP contribution in [-0.2, 0) is 0 Å². The van der Waals surface area contributed by atoms with Crippen molar-refractivity contribution in [2.45, 2.75) is 0 Å². The van der Waals surface area contributed by atoms with Gasteiger partial charge in [-0.3, -0.25) is 4.79 Å². The molecule has 0 bridgehead atoms. The van der Waals surface area contributed by atoms with E-state index in [-0.39, 0.29) is 11.6 Å². The number of methoxy groups -OCH3 is 1. The second-order valence-corrected chi connectivity index (χ2v) is 5.51. The first-order valence-electron chi connectivity index (χ1n) is 7.45. The summed E-state index contributed by atoms with van der Waals surface area (Å²) < 4.78 is 5.29. The lowest BCUT2D eigenvalue weighted by molar-refractivity contribution is 0.102. The van der Waals surface area contributed by atoms with Crippen molar-refractivity contribution in [1.82, 2.24) is 9.97 Å². The maximum atomic E-state index is 12.3. The zero-order valence-electron chi connectivity index (χ0n) is 13.4. The van der Waals surface area contributed by atoms with E-state index in [2.05, 4.69) is 20.6 Å². The lowest BCUT2D eigenvalue weighted by Gasteiger charge is -2.10. The number of hydrogen-bond acceptors (Lipinski definition) is 5. The summed E-state index contributed by atoms with van der Waals surface area (Å²) in [4.78, 5) is 20.5. The summed E-state index contributed by atoms with van der Waals surface area (Å²) in [6.07, 6.45) is 1.33. The number of carbonyl (C=O) groups excluding carboxylic acids is 1. The van der Waals surface area contributed by atoms with Gasteiger partial charge in [0.2, 0.25) is 0 Å². The molecule has 0 aliphatic carbocycles. The molecular weight excluding hydrogens is 340 g/mol. The standard InChI is InChI=1S/C18H15ClN4O2/c1-25-16-5-3-2-4-14(16)23-17-10-15(20-11-21-17)18(24)22-13-8-6-12(19)7-9-13/h2-11H,1H3,(H,22,24)(H,20,21,23). The molecule has 2 aromatic carbocycles. The summed E-state index contributed by atoms with van der Waals surface area (Å²) in [6, 6.07) is 15.8. The van der Waals surface area contributed by atoms with Gasteiger partial charge >= 0.3 is 0 Å². The molecule has 3 rings (SSSR count). The molecule has 1 aromatic heterocycles. The van der Waals surface area contributed by atoms with Gasteiger partial charge in [-0.25, -0.2) is 9.97 Å². The van der Waals surface area contributed by atoms with Crippen LogP contribution in [-0.4, -0.2) is 23.0 Å². The Hall–Kier alpha value is -3.12. The van der Waals surface area contributed by atoms with Crippen LogP contribution < -0.4 is 15.4 Å². The SMILES string of the molecule is COc1ccccc1Nc1cc(C(=O)Nc2ccc(Cl)cc2)ncn1. The molecule has 3 aromatic rings. The van der Waals surface area contributed by atoms with E-state index in [4.69, 9.17) is 16.3 Å². The van der Waals surface area contributed by atoms with E-state index in [1.807, 2.05) is 24.3 Å². The molecule has 6 nitrogen and oxygen atoms in total. The Morgan fingerprint density at radius 2 is 1.84 bits per heavy atom. The maximum absolute atomic E-state index is 12.3. The second kappa shape index (κ2) is 7.63. The van der Waals surface area contributed by atoms with E-state index in [1.165, 1.54) is 6.33 Å². The Bertz CT molecular complexity index is 884. The number of ether oxygens (including phenoxy) is 1. The third-order valence-corrected chi connectivity index (χ3v) is 3.62. The largest absolute Gasteiger partial charge is 0.495 e. The summed E-state index contributed by atoms with van der Waals surface area (Å²) in [5.74, 6) is 0.821. The molecule has 0 saturated heterocycles. The number of nitrogens with zero attached hydrogens (tertiary/aromatic N) is 2. The fraction of sp³-hybridized carbons (Fsp3) is 0.0556. The quantitative estimate of drug-likeness (QED) is 0.720. The summed E-state index contributed by atoms with van der Waals surface area (Å²) in [7, 11) is 1.59. The number of nitrogens with one attached hydrogen (secondary N) is 2. The van der Waals surface area contributed by atoms with Crippen LogP contribution in [0.4, 0.5) is 17.2 Å². The summed E-state index contributed by atoms with van der Waals surface area (Å²) in [5, 5.41) is 6.48. The van der Waals surface area contributed by atoms with Crippen molar-refractivity contribution < 1.29 is 9.53 Å². The third kappa shape index (κ3) is 4.24. The smallest absolute Gasteiger partial charge is 0.274 e. The molecule has 0 radical (unpaired) electrons. The minimum Gasteiger partial charge on any atom is -0.495 e. The van der Waals surface area contributed by atoms with Gasteiger partial charge in [-0.1, -0.05) is 23.7 Å². The van der Waals surface area contributed by atoms with Crippen molar-refractivity contribution in [3.8, 4) is 5.75 Å². The number of amides is 1. The van der Waals surface area contributed by atoms with Crippen LogP contribution in [0.5, 0.6) is 5.75 Å². The lowest BCUT2D eigenvalue weighted by Crippen LogP contribution is -2.14. The predicted octanol–water partition coefficient (Wildman–Crippen LogP) is 4.13. The molecule has 0 aliphatic heterocycles. The molecule has 1 amide bonds. The molecule has 0 saturated carbocycles. The highest BCUT2D eigenvalue weighted by Crippen LogP contribution is 2.26. The van der Waals surface area contributed by atoms with E-state index in [0.29, 0.717) is 22.3 Å². The van der Waals surface area contributed by atoms with Gasteiger partial charge in [-0.05, 0) is 36.4 Å². The number of halogens is 1. The van der Waals surface area contributed by atoms with Crippen molar-refractivity contribution in [1.29, 1.82) is 0 Å². The minimum absolute atomic E-state index is 0.238. The molecule has 1 heterocycles. The Labute approximate surface area is 149 Å². The molecule has 0 aliphatic rings. The Morgan fingerprint density at radius 3 is 2.60 bits per heavy atom. The van der Waals surface area contributed by atoms with Crippen LogP contribution in [0.1, 0.15) is 10.5 Å². The van der Waals surface area contributed by atoms with Crippen LogP contribution >= 0.6 is 11.6 Å². The number of hydrogen-bond donors (Lipinski definition) is 2. The summed E-state index contributed by atoms with van der Waals surface area (Å²) in [6.45, 7) is 0. The topological polar surface area (TPSA) is 76.1 Å². The van der Waals surface area contributed by atoms with Gasteiger partial charge in [0, 0.05) is 16.8 Å². The van der Waals surface area contributed by atoms with E-state index >= 15 is 0 Å². The zero-order valence-corrected chi connectivity index (χ0v) is 14.1. The third-order valence-electron chi connectivity index (χ3n) is 3.37. The Kier molecular flexibility index (Phi) is 5.11.